The van der Waals surface area contributed by atoms with Gasteiger partial charge in [0, 0.05) is 51.4 Å². The van der Waals surface area contributed by atoms with Crippen molar-refractivity contribution >= 4 is 0 Å². The molecule has 1 aromatic carbocycles. The molecule has 0 aliphatic carbocycles. The summed E-state index contributed by atoms with van der Waals surface area (Å²) in [5, 5.41) is 12.1. The second-order valence-electron chi connectivity index (χ2n) is 5.25. The van der Waals surface area contributed by atoms with Crippen molar-refractivity contribution in [2.24, 2.45) is 0 Å². The van der Waals surface area contributed by atoms with Crippen molar-refractivity contribution in [2.75, 3.05) is 46.3 Å². The summed E-state index contributed by atoms with van der Waals surface area (Å²) in [5.41, 5.74) is 1.02. The van der Waals surface area contributed by atoms with Gasteiger partial charge in [-0.2, -0.15) is 5.26 Å². The fourth-order valence-corrected chi connectivity index (χ4v) is 2.36. The quantitative estimate of drug-likeness (QED) is 0.872. The molecule has 1 N–H and O–H groups in total. The van der Waals surface area contributed by atoms with Crippen LogP contribution < -0.4 is 5.32 Å². The van der Waals surface area contributed by atoms with Crippen LogP contribution in [0.25, 0.3) is 0 Å². The Kier molecular flexibility index (Phi) is 5.48. The number of halogens is 1. The molecule has 0 saturated carbocycles. The zero-order valence-electron chi connectivity index (χ0n) is 11.9. The molecule has 0 amide bonds. The van der Waals surface area contributed by atoms with Gasteiger partial charge in [0.2, 0.25) is 0 Å². The average molecular weight is 276 g/mol. The van der Waals surface area contributed by atoms with Gasteiger partial charge in [0.25, 0.3) is 0 Å². The van der Waals surface area contributed by atoms with Gasteiger partial charge in [0.15, 0.2) is 0 Å². The van der Waals surface area contributed by atoms with Crippen LogP contribution in [0.2, 0.25) is 0 Å². The van der Waals surface area contributed by atoms with E-state index in [1.54, 1.807) is 12.1 Å². The molecule has 1 fully saturated rings. The Bertz CT molecular complexity index is 477. The first-order valence-corrected chi connectivity index (χ1v) is 6.99. The molecule has 0 unspecified atom stereocenters. The van der Waals surface area contributed by atoms with E-state index in [0.29, 0.717) is 17.7 Å². The van der Waals surface area contributed by atoms with Gasteiger partial charge in [0.1, 0.15) is 5.82 Å². The molecule has 2 rings (SSSR count). The van der Waals surface area contributed by atoms with Crippen LogP contribution >= 0.6 is 0 Å². The van der Waals surface area contributed by atoms with E-state index in [-0.39, 0.29) is 5.82 Å². The Hall–Kier alpha value is -1.48. The van der Waals surface area contributed by atoms with Crippen LogP contribution in [0.15, 0.2) is 18.2 Å². The van der Waals surface area contributed by atoms with Crippen molar-refractivity contribution in [3.63, 3.8) is 0 Å². The largest absolute Gasteiger partial charge is 0.314 e. The predicted molar refractivity (Wildman–Crippen MR) is 76.8 cm³/mol. The van der Waals surface area contributed by atoms with Crippen molar-refractivity contribution in [3.05, 3.63) is 35.1 Å². The number of piperazine rings is 1. The predicted octanol–water partition coefficient (Wildman–Crippen LogP) is 1.03. The number of hydrogen-bond donors (Lipinski definition) is 1. The van der Waals surface area contributed by atoms with Crippen molar-refractivity contribution in [1.82, 2.24) is 15.1 Å². The molecular weight excluding hydrogens is 255 g/mol. The number of hydrogen-bond acceptors (Lipinski definition) is 4. The van der Waals surface area contributed by atoms with Gasteiger partial charge in [-0.3, -0.25) is 4.90 Å². The Morgan fingerprint density at radius 1 is 1.40 bits per heavy atom. The molecular formula is C15H21FN4. The first-order chi connectivity index (χ1) is 9.69. The molecule has 4 nitrogen and oxygen atoms in total. The fraction of sp³-hybridized carbons (Fsp3) is 0.533. The van der Waals surface area contributed by atoms with E-state index in [2.05, 4.69) is 15.1 Å². The summed E-state index contributed by atoms with van der Waals surface area (Å²) < 4.78 is 13.8. The van der Waals surface area contributed by atoms with Crippen LogP contribution in [0.1, 0.15) is 11.1 Å². The summed E-state index contributed by atoms with van der Waals surface area (Å²) in [6.45, 7) is 6.76. The topological polar surface area (TPSA) is 42.3 Å². The highest BCUT2D eigenvalue weighted by atomic mass is 19.1. The lowest BCUT2D eigenvalue weighted by atomic mass is 10.1. The highest BCUT2D eigenvalue weighted by molar-refractivity contribution is 5.32. The molecule has 1 aromatic rings. The van der Waals surface area contributed by atoms with Gasteiger partial charge in [0.05, 0.1) is 11.6 Å². The maximum Gasteiger partial charge on any atom is 0.129 e. The lowest BCUT2D eigenvalue weighted by Crippen LogP contribution is -2.45. The molecule has 0 atom stereocenters. The number of likely N-dealkylation sites (N-methyl/N-ethyl adjacent to an activating group) is 1. The molecule has 1 saturated heterocycles. The molecule has 20 heavy (non-hydrogen) atoms. The normalized spacial score (nSPS) is 16.3. The number of rotatable bonds is 5. The number of nitrogens with one attached hydrogen (secondary N) is 1. The third kappa shape index (κ3) is 4.27. The van der Waals surface area contributed by atoms with E-state index in [9.17, 15) is 4.39 Å². The summed E-state index contributed by atoms with van der Waals surface area (Å²) in [4.78, 5) is 4.54. The van der Waals surface area contributed by atoms with Gasteiger partial charge in [-0.05, 0) is 19.2 Å². The summed E-state index contributed by atoms with van der Waals surface area (Å²) in [5.74, 6) is -0.293. The molecule has 1 aliphatic rings. The zero-order chi connectivity index (χ0) is 14.4. The molecule has 108 valence electrons. The minimum Gasteiger partial charge on any atom is -0.314 e. The number of nitrogens with zero attached hydrogens (tertiary/aromatic N) is 3. The first-order valence-electron chi connectivity index (χ1n) is 6.99. The van der Waals surface area contributed by atoms with Gasteiger partial charge < -0.3 is 10.2 Å². The SMILES string of the molecule is CN(CCN1CCNCC1)Cc1ccc(C#N)cc1F. The lowest BCUT2D eigenvalue weighted by molar-refractivity contribution is 0.201. The third-order valence-electron chi connectivity index (χ3n) is 3.63. The highest BCUT2D eigenvalue weighted by Crippen LogP contribution is 2.12. The van der Waals surface area contributed by atoms with Crippen LogP contribution in [0.4, 0.5) is 4.39 Å². The summed E-state index contributed by atoms with van der Waals surface area (Å²) in [7, 11) is 2.00. The van der Waals surface area contributed by atoms with Crippen LogP contribution in [-0.2, 0) is 6.54 Å². The number of nitriles is 1. The fourth-order valence-electron chi connectivity index (χ4n) is 2.36. The summed E-state index contributed by atoms with van der Waals surface area (Å²) in [6.07, 6.45) is 0. The molecule has 1 heterocycles. The van der Waals surface area contributed by atoms with Crippen LogP contribution in [0.3, 0.4) is 0 Å². The minimum atomic E-state index is -0.293. The molecule has 0 spiro atoms. The highest BCUT2D eigenvalue weighted by Gasteiger charge is 2.11. The molecule has 0 bridgehead atoms. The maximum absolute atomic E-state index is 13.8. The van der Waals surface area contributed by atoms with E-state index in [0.717, 1.165) is 39.3 Å². The van der Waals surface area contributed by atoms with Crippen LogP contribution in [-0.4, -0.2) is 56.1 Å². The molecule has 1 aliphatic heterocycles. The summed E-state index contributed by atoms with van der Waals surface area (Å²) >= 11 is 0. The Labute approximate surface area is 119 Å². The zero-order valence-corrected chi connectivity index (χ0v) is 11.9. The van der Waals surface area contributed by atoms with E-state index in [1.807, 2.05) is 13.1 Å². The molecule has 5 heteroatoms. The van der Waals surface area contributed by atoms with Crippen molar-refractivity contribution in [1.29, 1.82) is 5.26 Å². The van der Waals surface area contributed by atoms with E-state index < -0.39 is 0 Å². The van der Waals surface area contributed by atoms with E-state index in [4.69, 9.17) is 5.26 Å². The molecule has 0 aromatic heterocycles. The second kappa shape index (κ2) is 7.34. The monoisotopic (exact) mass is 276 g/mol. The number of benzene rings is 1. The van der Waals surface area contributed by atoms with Crippen molar-refractivity contribution in [2.45, 2.75) is 6.54 Å². The van der Waals surface area contributed by atoms with Crippen LogP contribution in [0, 0.1) is 17.1 Å². The van der Waals surface area contributed by atoms with Gasteiger partial charge in [-0.15, -0.1) is 0 Å². The Morgan fingerprint density at radius 2 is 2.15 bits per heavy atom. The van der Waals surface area contributed by atoms with Crippen molar-refractivity contribution < 1.29 is 4.39 Å². The van der Waals surface area contributed by atoms with E-state index in [1.165, 1.54) is 6.07 Å². The maximum atomic E-state index is 13.8. The standard InChI is InChI=1S/C15H21FN4/c1-19(8-9-20-6-4-18-5-7-20)12-14-3-2-13(11-17)10-15(14)16/h2-3,10,18H,4-9,12H2,1H3. The molecule has 0 radical (unpaired) electrons. The lowest BCUT2D eigenvalue weighted by Gasteiger charge is -2.29. The average Bonchev–Trinajstić information content (AvgIpc) is 2.48. The summed E-state index contributed by atoms with van der Waals surface area (Å²) in [6, 6.07) is 6.63. The van der Waals surface area contributed by atoms with Gasteiger partial charge >= 0.3 is 0 Å². The Morgan fingerprint density at radius 3 is 2.80 bits per heavy atom. The van der Waals surface area contributed by atoms with Gasteiger partial charge in [-0.25, -0.2) is 4.39 Å². The smallest absolute Gasteiger partial charge is 0.129 e. The van der Waals surface area contributed by atoms with Crippen molar-refractivity contribution in [3.8, 4) is 6.07 Å². The van der Waals surface area contributed by atoms with E-state index >= 15 is 0 Å². The minimum absolute atomic E-state index is 0.293. The Balaban J connectivity index is 1.81. The van der Waals surface area contributed by atoms with Crippen LogP contribution in [0.5, 0.6) is 0 Å². The van der Waals surface area contributed by atoms with Gasteiger partial charge in [-0.1, -0.05) is 6.07 Å². The third-order valence-corrected chi connectivity index (χ3v) is 3.63. The second-order valence-corrected chi connectivity index (χ2v) is 5.25. The first kappa shape index (κ1) is 14.9.